The SMILES string of the molecule is CC(C)C1C[C@@H](O)CN1C(=O)c1cocn1. The number of nitrogens with zero attached hydrogens (tertiary/aromatic N) is 2. The number of likely N-dealkylation sites (tertiary alicyclic amines) is 1. The molecule has 5 heteroatoms. The van der Waals surface area contributed by atoms with Crippen LogP contribution in [-0.4, -0.2) is 39.6 Å². The van der Waals surface area contributed by atoms with Gasteiger partial charge in [0.05, 0.1) is 6.10 Å². The van der Waals surface area contributed by atoms with Gasteiger partial charge in [0.15, 0.2) is 12.1 Å². The van der Waals surface area contributed by atoms with Gasteiger partial charge in [-0.25, -0.2) is 4.98 Å². The molecule has 0 bridgehead atoms. The van der Waals surface area contributed by atoms with E-state index in [9.17, 15) is 9.90 Å². The van der Waals surface area contributed by atoms with Crippen LogP contribution in [0.5, 0.6) is 0 Å². The first kappa shape index (κ1) is 11.1. The fraction of sp³-hybridized carbons (Fsp3) is 0.636. The van der Waals surface area contributed by atoms with E-state index < -0.39 is 6.10 Å². The molecule has 1 aliphatic rings. The first-order valence-electron chi connectivity index (χ1n) is 5.47. The Hall–Kier alpha value is -1.36. The lowest BCUT2D eigenvalue weighted by atomic mass is 10.0. The van der Waals surface area contributed by atoms with Crippen molar-refractivity contribution in [2.24, 2.45) is 5.92 Å². The van der Waals surface area contributed by atoms with Gasteiger partial charge in [-0.15, -0.1) is 0 Å². The van der Waals surface area contributed by atoms with E-state index in [0.29, 0.717) is 24.6 Å². The number of oxazole rings is 1. The standard InChI is InChI=1S/C11H16N2O3/c1-7(2)10-3-8(14)4-13(10)11(15)9-5-16-6-12-9/h5-8,10,14H,3-4H2,1-2H3/t8-,10?/m1/s1. The zero-order valence-electron chi connectivity index (χ0n) is 9.46. The van der Waals surface area contributed by atoms with Crippen molar-refractivity contribution in [3.63, 3.8) is 0 Å². The van der Waals surface area contributed by atoms with Crippen molar-refractivity contribution in [2.45, 2.75) is 32.4 Å². The molecule has 1 unspecified atom stereocenters. The van der Waals surface area contributed by atoms with Gasteiger partial charge in [0.1, 0.15) is 6.26 Å². The molecule has 0 aliphatic carbocycles. The van der Waals surface area contributed by atoms with Crippen LogP contribution in [0, 0.1) is 5.92 Å². The third-order valence-corrected chi connectivity index (χ3v) is 3.00. The summed E-state index contributed by atoms with van der Waals surface area (Å²) in [6, 6.07) is 0.0826. The summed E-state index contributed by atoms with van der Waals surface area (Å²) in [5.41, 5.74) is 0.305. The van der Waals surface area contributed by atoms with Gasteiger partial charge < -0.3 is 14.4 Å². The number of hydrogen-bond donors (Lipinski definition) is 1. The van der Waals surface area contributed by atoms with Gasteiger partial charge in [-0.3, -0.25) is 4.79 Å². The van der Waals surface area contributed by atoms with Crippen molar-refractivity contribution in [1.29, 1.82) is 0 Å². The number of amides is 1. The highest BCUT2D eigenvalue weighted by Crippen LogP contribution is 2.25. The summed E-state index contributed by atoms with van der Waals surface area (Å²) >= 11 is 0. The maximum Gasteiger partial charge on any atom is 0.276 e. The Labute approximate surface area is 94.1 Å². The van der Waals surface area contributed by atoms with Crippen molar-refractivity contribution in [3.8, 4) is 0 Å². The molecule has 1 fully saturated rings. The maximum atomic E-state index is 12.1. The Balaban J connectivity index is 2.16. The lowest BCUT2D eigenvalue weighted by Crippen LogP contribution is -2.38. The lowest BCUT2D eigenvalue weighted by molar-refractivity contribution is 0.0680. The lowest BCUT2D eigenvalue weighted by Gasteiger charge is -2.26. The fourth-order valence-electron chi connectivity index (χ4n) is 2.17. The molecule has 2 rings (SSSR count). The molecule has 16 heavy (non-hydrogen) atoms. The monoisotopic (exact) mass is 224 g/mol. The van der Waals surface area contributed by atoms with Crippen LogP contribution < -0.4 is 0 Å². The number of aromatic nitrogens is 1. The van der Waals surface area contributed by atoms with Crippen LogP contribution in [0.2, 0.25) is 0 Å². The van der Waals surface area contributed by atoms with Gasteiger partial charge in [-0.05, 0) is 12.3 Å². The predicted octanol–water partition coefficient (Wildman–Crippen LogP) is 0.906. The van der Waals surface area contributed by atoms with Gasteiger partial charge in [0, 0.05) is 12.6 Å². The van der Waals surface area contributed by atoms with E-state index in [4.69, 9.17) is 4.42 Å². The smallest absolute Gasteiger partial charge is 0.276 e. The molecule has 1 N–H and O–H groups in total. The van der Waals surface area contributed by atoms with Gasteiger partial charge in [-0.2, -0.15) is 0 Å². The molecule has 1 aromatic rings. The summed E-state index contributed by atoms with van der Waals surface area (Å²) in [5.74, 6) is 0.164. The number of carbonyl (C=O) groups excluding carboxylic acids is 1. The molecule has 2 heterocycles. The number of carbonyl (C=O) groups is 1. The number of aliphatic hydroxyl groups is 1. The second kappa shape index (κ2) is 4.25. The topological polar surface area (TPSA) is 66.6 Å². The van der Waals surface area contributed by atoms with Gasteiger partial charge in [0.2, 0.25) is 0 Å². The Morgan fingerprint density at radius 2 is 2.44 bits per heavy atom. The van der Waals surface area contributed by atoms with Crippen LogP contribution in [-0.2, 0) is 0 Å². The van der Waals surface area contributed by atoms with Crippen LogP contribution in [0.25, 0.3) is 0 Å². The quantitative estimate of drug-likeness (QED) is 0.810. The van der Waals surface area contributed by atoms with Crippen LogP contribution in [0.3, 0.4) is 0 Å². The first-order valence-corrected chi connectivity index (χ1v) is 5.47. The van der Waals surface area contributed by atoms with Crippen LogP contribution in [0.4, 0.5) is 0 Å². The van der Waals surface area contributed by atoms with Crippen molar-refractivity contribution in [2.75, 3.05) is 6.54 Å². The molecule has 88 valence electrons. The average Bonchev–Trinajstić information content (AvgIpc) is 2.84. The number of aliphatic hydroxyl groups excluding tert-OH is 1. The average molecular weight is 224 g/mol. The summed E-state index contributed by atoms with van der Waals surface area (Å²) < 4.78 is 4.80. The van der Waals surface area contributed by atoms with Gasteiger partial charge in [-0.1, -0.05) is 13.8 Å². The van der Waals surface area contributed by atoms with Crippen LogP contribution in [0.15, 0.2) is 17.1 Å². The molecule has 1 amide bonds. The highest BCUT2D eigenvalue weighted by molar-refractivity contribution is 5.92. The summed E-state index contributed by atoms with van der Waals surface area (Å²) in [7, 11) is 0. The molecule has 5 nitrogen and oxygen atoms in total. The third-order valence-electron chi connectivity index (χ3n) is 3.00. The van der Waals surface area contributed by atoms with Crippen molar-refractivity contribution < 1.29 is 14.3 Å². The fourth-order valence-corrected chi connectivity index (χ4v) is 2.17. The highest BCUT2D eigenvalue weighted by atomic mass is 16.3. The maximum absolute atomic E-state index is 12.1. The molecule has 1 saturated heterocycles. The van der Waals surface area contributed by atoms with E-state index in [0.717, 1.165) is 0 Å². The van der Waals surface area contributed by atoms with Crippen molar-refractivity contribution in [3.05, 3.63) is 18.4 Å². The molecular formula is C11H16N2O3. The summed E-state index contributed by atoms with van der Waals surface area (Å²) in [4.78, 5) is 17.6. The second-order valence-corrected chi connectivity index (χ2v) is 4.53. The Bertz CT molecular complexity index is 361. The minimum atomic E-state index is -0.428. The van der Waals surface area contributed by atoms with E-state index in [2.05, 4.69) is 4.98 Å². The molecular weight excluding hydrogens is 208 g/mol. The van der Waals surface area contributed by atoms with Gasteiger partial charge in [0.25, 0.3) is 5.91 Å². The molecule has 2 atom stereocenters. The second-order valence-electron chi connectivity index (χ2n) is 4.53. The molecule has 1 aromatic heterocycles. The minimum Gasteiger partial charge on any atom is -0.451 e. The predicted molar refractivity (Wildman–Crippen MR) is 56.8 cm³/mol. The Morgan fingerprint density at radius 3 is 3.00 bits per heavy atom. The summed E-state index contributed by atoms with van der Waals surface area (Å²) in [6.45, 7) is 4.48. The molecule has 0 aromatic carbocycles. The summed E-state index contributed by atoms with van der Waals surface area (Å²) in [6.07, 6.45) is 2.79. The van der Waals surface area contributed by atoms with E-state index >= 15 is 0 Å². The van der Waals surface area contributed by atoms with E-state index in [-0.39, 0.29) is 11.9 Å². The zero-order chi connectivity index (χ0) is 11.7. The summed E-state index contributed by atoms with van der Waals surface area (Å²) in [5, 5.41) is 9.63. The molecule has 0 saturated carbocycles. The number of β-amino-alcohol motifs (C(OH)–C–C–N with tert-alkyl or cyclic N) is 1. The Kier molecular flexibility index (Phi) is 2.96. The van der Waals surface area contributed by atoms with E-state index in [1.807, 2.05) is 13.8 Å². The van der Waals surface area contributed by atoms with E-state index in [1.165, 1.54) is 12.7 Å². The number of hydrogen-bond acceptors (Lipinski definition) is 4. The van der Waals surface area contributed by atoms with E-state index in [1.54, 1.807) is 4.90 Å². The van der Waals surface area contributed by atoms with Crippen LogP contribution in [0.1, 0.15) is 30.8 Å². The highest BCUT2D eigenvalue weighted by Gasteiger charge is 2.36. The largest absolute Gasteiger partial charge is 0.451 e. The molecule has 1 aliphatic heterocycles. The van der Waals surface area contributed by atoms with Crippen molar-refractivity contribution in [1.82, 2.24) is 9.88 Å². The molecule has 0 spiro atoms. The van der Waals surface area contributed by atoms with Crippen molar-refractivity contribution >= 4 is 5.91 Å². The first-order chi connectivity index (χ1) is 7.59. The molecule has 0 radical (unpaired) electrons. The van der Waals surface area contributed by atoms with Gasteiger partial charge >= 0.3 is 0 Å². The third kappa shape index (κ3) is 1.95. The Morgan fingerprint density at radius 1 is 1.69 bits per heavy atom. The normalized spacial score (nSPS) is 25.4. The zero-order valence-corrected chi connectivity index (χ0v) is 9.46. The minimum absolute atomic E-state index is 0.0826. The van der Waals surface area contributed by atoms with Crippen LogP contribution >= 0.6 is 0 Å². The number of rotatable bonds is 2.